The van der Waals surface area contributed by atoms with Crippen LogP contribution in [0.3, 0.4) is 0 Å². The predicted octanol–water partition coefficient (Wildman–Crippen LogP) is 4.42. The van der Waals surface area contributed by atoms with Crippen molar-refractivity contribution in [3.63, 3.8) is 0 Å². The maximum atomic E-state index is 6.02. The Morgan fingerprint density at radius 1 is 1.22 bits per heavy atom. The van der Waals surface area contributed by atoms with E-state index in [0.717, 1.165) is 43.2 Å². The molecular weight excluding hydrogens is 308 g/mol. The van der Waals surface area contributed by atoms with E-state index in [1.54, 1.807) is 6.20 Å². The molecule has 1 atom stereocenters. The minimum Gasteiger partial charge on any atom is -0.492 e. The van der Waals surface area contributed by atoms with Crippen molar-refractivity contribution in [1.29, 1.82) is 0 Å². The van der Waals surface area contributed by atoms with Crippen LogP contribution in [-0.2, 0) is 6.42 Å². The lowest BCUT2D eigenvalue weighted by Crippen LogP contribution is -2.29. The first-order chi connectivity index (χ1) is 11.3. The monoisotopic (exact) mass is 332 g/mol. The highest BCUT2D eigenvalue weighted by Crippen LogP contribution is 2.37. The van der Waals surface area contributed by atoms with Gasteiger partial charge >= 0.3 is 0 Å². The first-order valence-corrected chi connectivity index (χ1v) is 9.23. The van der Waals surface area contributed by atoms with Gasteiger partial charge in [-0.2, -0.15) is 0 Å². The topological polar surface area (TPSA) is 38.5 Å². The molecule has 0 saturated carbocycles. The summed E-state index contributed by atoms with van der Waals surface area (Å²) in [5.41, 5.74) is 2.34. The van der Waals surface area contributed by atoms with E-state index in [1.807, 2.05) is 30.1 Å². The summed E-state index contributed by atoms with van der Waals surface area (Å²) in [6, 6.07) is 8.06. The zero-order valence-electron chi connectivity index (χ0n) is 13.8. The summed E-state index contributed by atoms with van der Waals surface area (Å²) >= 11 is 1.95. The van der Waals surface area contributed by atoms with Gasteiger partial charge in [0.15, 0.2) is 5.76 Å². The van der Waals surface area contributed by atoms with E-state index < -0.39 is 0 Å². The molecule has 0 spiro atoms. The lowest BCUT2D eigenvalue weighted by molar-refractivity contribution is 0.291. The summed E-state index contributed by atoms with van der Waals surface area (Å²) in [7, 11) is 0. The van der Waals surface area contributed by atoms with Gasteiger partial charge in [0.25, 0.3) is 0 Å². The Labute approximate surface area is 142 Å². The van der Waals surface area contributed by atoms with Crippen molar-refractivity contribution >= 4 is 11.9 Å². The maximum absolute atomic E-state index is 6.02. The number of benzene rings is 1. The van der Waals surface area contributed by atoms with Gasteiger partial charge in [-0.1, -0.05) is 43.1 Å². The van der Waals surface area contributed by atoms with E-state index in [0.29, 0.717) is 5.25 Å². The second-order valence-electron chi connectivity index (χ2n) is 5.83. The van der Waals surface area contributed by atoms with E-state index in [-0.39, 0.29) is 0 Å². The quantitative estimate of drug-likeness (QED) is 0.702. The summed E-state index contributed by atoms with van der Waals surface area (Å²) < 4.78 is 13.9. The Bertz CT molecular complexity index is 609. The SMILES string of the molecule is CCCN(CCC)SC1COc2cccc(-c3ccno3)c2C1. The number of hydrogen-bond donors (Lipinski definition) is 0. The number of fused-ring (bicyclic) bond motifs is 1. The Morgan fingerprint density at radius 3 is 2.74 bits per heavy atom. The van der Waals surface area contributed by atoms with Crippen molar-refractivity contribution in [3.8, 4) is 17.1 Å². The largest absolute Gasteiger partial charge is 0.492 e. The molecule has 0 N–H and O–H groups in total. The van der Waals surface area contributed by atoms with E-state index >= 15 is 0 Å². The van der Waals surface area contributed by atoms with E-state index in [9.17, 15) is 0 Å². The van der Waals surface area contributed by atoms with Gasteiger partial charge in [0.05, 0.1) is 11.4 Å². The lowest BCUT2D eigenvalue weighted by Gasteiger charge is -2.30. The molecule has 0 amide bonds. The summed E-state index contributed by atoms with van der Waals surface area (Å²) in [4.78, 5) is 0. The summed E-state index contributed by atoms with van der Waals surface area (Å²) in [5.74, 6) is 1.79. The highest BCUT2D eigenvalue weighted by atomic mass is 32.2. The van der Waals surface area contributed by atoms with Crippen molar-refractivity contribution in [2.24, 2.45) is 0 Å². The number of hydrogen-bond acceptors (Lipinski definition) is 5. The molecule has 0 saturated heterocycles. The molecular formula is C18H24N2O2S. The molecule has 0 bridgehead atoms. The second kappa shape index (κ2) is 7.88. The van der Waals surface area contributed by atoms with Crippen LogP contribution in [-0.4, -0.2) is 34.4 Å². The van der Waals surface area contributed by atoms with Crippen molar-refractivity contribution in [1.82, 2.24) is 9.46 Å². The Kier molecular flexibility index (Phi) is 5.62. The van der Waals surface area contributed by atoms with Crippen LogP contribution in [0.25, 0.3) is 11.3 Å². The molecule has 1 aliphatic heterocycles. The van der Waals surface area contributed by atoms with Crippen LogP contribution < -0.4 is 4.74 Å². The van der Waals surface area contributed by atoms with Crippen LogP contribution in [0.2, 0.25) is 0 Å². The zero-order valence-corrected chi connectivity index (χ0v) is 14.6. The first-order valence-electron chi connectivity index (χ1n) is 8.39. The van der Waals surface area contributed by atoms with Crippen molar-refractivity contribution < 1.29 is 9.26 Å². The molecule has 1 unspecified atom stereocenters. The highest BCUT2D eigenvalue weighted by Gasteiger charge is 2.25. The van der Waals surface area contributed by atoms with Gasteiger partial charge in [0, 0.05) is 30.3 Å². The van der Waals surface area contributed by atoms with Crippen molar-refractivity contribution in [3.05, 3.63) is 36.0 Å². The molecule has 4 nitrogen and oxygen atoms in total. The maximum Gasteiger partial charge on any atom is 0.167 e. The smallest absolute Gasteiger partial charge is 0.167 e. The predicted molar refractivity (Wildman–Crippen MR) is 94.7 cm³/mol. The minimum atomic E-state index is 0.449. The molecule has 0 radical (unpaired) electrons. The summed E-state index contributed by atoms with van der Waals surface area (Å²) in [6.45, 7) is 7.49. The van der Waals surface area contributed by atoms with Crippen LogP contribution in [0, 0.1) is 0 Å². The van der Waals surface area contributed by atoms with Gasteiger partial charge < -0.3 is 9.26 Å². The third-order valence-corrected chi connectivity index (χ3v) is 5.20. The van der Waals surface area contributed by atoms with Crippen LogP contribution in [0.4, 0.5) is 0 Å². The number of ether oxygens (including phenoxy) is 1. The molecule has 0 fully saturated rings. The summed E-state index contributed by atoms with van der Waals surface area (Å²) in [6.07, 6.45) is 5.05. The van der Waals surface area contributed by atoms with E-state index in [1.165, 1.54) is 18.4 Å². The third kappa shape index (κ3) is 3.90. The molecule has 1 aromatic carbocycles. The fourth-order valence-corrected chi connectivity index (χ4v) is 4.33. The highest BCUT2D eigenvalue weighted by molar-refractivity contribution is 7.97. The van der Waals surface area contributed by atoms with Gasteiger partial charge in [-0.05, 0) is 25.3 Å². The Morgan fingerprint density at radius 2 is 2.04 bits per heavy atom. The van der Waals surface area contributed by atoms with Crippen molar-refractivity contribution in [2.45, 2.75) is 38.4 Å². The molecule has 5 heteroatoms. The number of nitrogens with zero attached hydrogens (tertiary/aromatic N) is 2. The molecule has 2 aromatic rings. The average Bonchev–Trinajstić information content (AvgIpc) is 3.09. The van der Waals surface area contributed by atoms with Crippen LogP contribution in [0.15, 0.2) is 35.0 Å². The fraction of sp³-hybridized carbons (Fsp3) is 0.500. The van der Waals surface area contributed by atoms with Crippen LogP contribution in [0.1, 0.15) is 32.3 Å². The van der Waals surface area contributed by atoms with Gasteiger partial charge in [-0.15, -0.1) is 0 Å². The zero-order chi connectivity index (χ0) is 16.1. The molecule has 3 rings (SSSR count). The van der Waals surface area contributed by atoms with Gasteiger partial charge in [-0.3, -0.25) is 4.31 Å². The molecule has 23 heavy (non-hydrogen) atoms. The molecule has 2 heterocycles. The minimum absolute atomic E-state index is 0.449. The van der Waals surface area contributed by atoms with E-state index in [2.05, 4.69) is 29.4 Å². The van der Waals surface area contributed by atoms with Gasteiger partial charge in [0.1, 0.15) is 12.4 Å². The molecule has 0 aliphatic carbocycles. The molecule has 1 aromatic heterocycles. The third-order valence-electron chi connectivity index (χ3n) is 3.94. The standard InChI is InChI=1S/C18H24N2O2S/c1-3-10-20(11-4-2)23-14-12-16-15(18-8-9-19-22-18)6-5-7-17(16)21-13-14/h5-9,14H,3-4,10-13H2,1-2H3. The normalized spacial score (nSPS) is 17.1. The second-order valence-corrected chi connectivity index (χ2v) is 7.22. The lowest BCUT2D eigenvalue weighted by atomic mass is 9.98. The van der Waals surface area contributed by atoms with Crippen molar-refractivity contribution in [2.75, 3.05) is 19.7 Å². The average molecular weight is 332 g/mol. The number of rotatable bonds is 7. The Hall–Kier alpha value is -1.46. The molecule has 124 valence electrons. The Balaban J connectivity index is 1.77. The van der Waals surface area contributed by atoms with Crippen LogP contribution >= 0.6 is 11.9 Å². The number of aromatic nitrogens is 1. The van der Waals surface area contributed by atoms with Crippen LogP contribution in [0.5, 0.6) is 5.75 Å². The summed E-state index contributed by atoms with van der Waals surface area (Å²) in [5, 5.41) is 4.28. The first kappa shape index (κ1) is 16.4. The van der Waals surface area contributed by atoms with Gasteiger partial charge in [0.2, 0.25) is 0 Å². The van der Waals surface area contributed by atoms with E-state index in [4.69, 9.17) is 9.26 Å². The fourth-order valence-electron chi connectivity index (χ4n) is 2.96. The van der Waals surface area contributed by atoms with Gasteiger partial charge in [-0.25, -0.2) is 0 Å². The molecule has 1 aliphatic rings.